The molecule has 3 nitrogen and oxygen atoms in total. The second kappa shape index (κ2) is 12.0. The van der Waals surface area contributed by atoms with Gasteiger partial charge in [-0.1, -0.05) is 19.9 Å². The van der Waals surface area contributed by atoms with E-state index in [4.69, 9.17) is 0 Å². The third-order valence-electron chi connectivity index (χ3n) is 3.67. The number of carbonyl (C=O) groups excluding carboxylic acids is 1. The number of carbonyl (C=O) groups is 1. The van der Waals surface area contributed by atoms with Crippen LogP contribution in [0.2, 0.25) is 0 Å². The molecule has 1 saturated carbocycles. The third-order valence-corrected chi connectivity index (χ3v) is 3.67. The highest BCUT2D eigenvalue weighted by Crippen LogP contribution is 2.33. The summed E-state index contributed by atoms with van der Waals surface area (Å²) in [5.74, 6) is -1.53. The SMILES string of the molecule is CC.CC(=O)C(CNCC1CC1)c1ccc(C(F)(F)F)c(F)c1.CNC. The number of rotatable bonds is 6. The highest BCUT2D eigenvalue weighted by Gasteiger charge is 2.34. The van der Waals surface area contributed by atoms with Crippen molar-refractivity contribution in [2.24, 2.45) is 5.92 Å². The summed E-state index contributed by atoms with van der Waals surface area (Å²) in [6, 6.07) is 2.69. The van der Waals surface area contributed by atoms with Crippen molar-refractivity contribution in [3.63, 3.8) is 0 Å². The van der Waals surface area contributed by atoms with Crippen LogP contribution >= 0.6 is 0 Å². The maximum Gasteiger partial charge on any atom is 0.419 e. The van der Waals surface area contributed by atoms with Crippen LogP contribution in [0.15, 0.2) is 18.2 Å². The minimum atomic E-state index is -4.72. The first-order valence-electron chi connectivity index (χ1n) is 8.87. The molecular weight excluding hydrogens is 348 g/mol. The van der Waals surface area contributed by atoms with Gasteiger partial charge in [0, 0.05) is 6.54 Å². The maximum absolute atomic E-state index is 13.6. The van der Waals surface area contributed by atoms with Crippen LogP contribution in [-0.4, -0.2) is 33.0 Å². The Hall–Kier alpha value is -1.47. The molecular formula is C19H30F4N2O. The number of hydrogen-bond donors (Lipinski definition) is 2. The lowest BCUT2D eigenvalue weighted by Crippen LogP contribution is -2.27. The largest absolute Gasteiger partial charge is 0.419 e. The lowest BCUT2D eigenvalue weighted by atomic mass is 9.94. The van der Waals surface area contributed by atoms with Crippen LogP contribution in [0.5, 0.6) is 0 Å². The summed E-state index contributed by atoms with van der Waals surface area (Å²) in [5.41, 5.74) is -1.03. The van der Waals surface area contributed by atoms with E-state index in [-0.39, 0.29) is 11.3 Å². The van der Waals surface area contributed by atoms with Crippen molar-refractivity contribution in [1.29, 1.82) is 0 Å². The third kappa shape index (κ3) is 8.76. The molecule has 1 atom stereocenters. The Balaban J connectivity index is 0.00000113. The maximum atomic E-state index is 13.6. The molecule has 0 bridgehead atoms. The molecule has 1 aliphatic rings. The van der Waals surface area contributed by atoms with E-state index >= 15 is 0 Å². The zero-order valence-corrected chi connectivity index (χ0v) is 16.1. The predicted molar refractivity (Wildman–Crippen MR) is 96.7 cm³/mol. The van der Waals surface area contributed by atoms with E-state index in [0.29, 0.717) is 18.5 Å². The lowest BCUT2D eigenvalue weighted by molar-refractivity contribution is -0.140. The highest BCUT2D eigenvalue weighted by molar-refractivity contribution is 5.83. The lowest BCUT2D eigenvalue weighted by Gasteiger charge is -2.17. The summed E-state index contributed by atoms with van der Waals surface area (Å²) in [5, 5.41) is 5.88. The van der Waals surface area contributed by atoms with Gasteiger partial charge in [0.25, 0.3) is 0 Å². The Labute approximate surface area is 153 Å². The fraction of sp³-hybridized carbons (Fsp3) is 0.632. The zero-order chi connectivity index (χ0) is 20.3. The van der Waals surface area contributed by atoms with Gasteiger partial charge in [-0.25, -0.2) is 4.39 Å². The summed E-state index contributed by atoms with van der Waals surface area (Å²) in [6.07, 6.45) is -2.40. The smallest absolute Gasteiger partial charge is 0.323 e. The molecule has 26 heavy (non-hydrogen) atoms. The molecule has 0 saturated heterocycles. The number of alkyl halides is 3. The van der Waals surface area contributed by atoms with Gasteiger partial charge in [-0.2, -0.15) is 13.2 Å². The quantitative estimate of drug-likeness (QED) is 0.722. The van der Waals surface area contributed by atoms with E-state index in [1.807, 2.05) is 27.9 Å². The number of hydrogen-bond acceptors (Lipinski definition) is 3. The van der Waals surface area contributed by atoms with Crippen molar-refractivity contribution >= 4 is 5.78 Å². The monoisotopic (exact) mass is 378 g/mol. The minimum absolute atomic E-state index is 0.197. The Bertz CT molecular complexity index is 543. The normalized spacial score (nSPS) is 14.5. The van der Waals surface area contributed by atoms with Gasteiger partial charge in [0.1, 0.15) is 11.6 Å². The Morgan fingerprint density at radius 3 is 2.15 bits per heavy atom. The summed E-state index contributed by atoms with van der Waals surface area (Å²) < 4.78 is 51.1. The average Bonchev–Trinajstić information content (AvgIpc) is 3.37. The molecule has 0 spiro atoms. The summed E-state index contributed by atoms with van der Waals surface area (Å²) >= 11 is 0. The summed E-state index contributed by atoms with van der Waals surface area (Å²) in [7, 11) is 3.75. The molecule has 0 aromatic heterocycles. The molecule has 1 aromatic rings. The van der Waals surface area contributed by atoms with Gasteiger partial charge < -0.3 is 10.6 Å². The Morgan fingerprint density at radius 2 is 1.77 bits per heavy atom. The van der Waals surface area contributed by atoms with Crippen LogP contribution in [0, 0.1) is 11.7 Å². The van der Waals surface area contributed by atoms with Gasteiger partial charge >= 0.3 is 6.18 Å². The average molecular weight is 378 g/mol. The number of ketones is 1. The first-order chi connectivity index (χ1) is 12.2. The number of Topliss-reactive ketones (excluding diaryl/α,β-unsaturated/α-hetero) is 1. The van der Waals surface area contributed by atoms with Crippen LogP contribution < -0.4 is 10.6 Å². The van der Waals surface area contributed by atoms with Crippen LogP contribution in [0.1, 0.15) is 50.7 Å². The van der Waals surface area contributed by atoms with Gasteiger partial charge in [0.2, 0.25) is 0 Å². The summed E-state index contributed by atoms with van der Waals surface area (Å²) in [6.45, 7) is 6.46. The first-order valence-corrected chi connectivity index (χ1v) is 8.87. The van der Waals surface area contributed by atoms with Crippen molar-refractivity contribution in [3.8, 4) is 0 Å². The van der Waals surface area contributed by atoms with E-state index in [9.17, 15) is 22.4 Å². The van der Waals surface area contributed by atoms with Crippen molar-refractivity contribution in [2.75, 3.05) is 27.2 Å². The Kier molecular flexibility index (Phi) is 11.3. The van der Waals surface area contributed by atoms with E-state index in [1.165, 1.54) is 13.0 Å². The topological polar surface area (TPSA) is 41.1 Å². The molecule has 2 N–H and O–H groups in total. The van der Waals surface area contributed by atoms with Crippen molar-refractivity contribution < 1.29 is 22.4 Å². The zero-order valence-electron chi connectivity index (χ0n) is 16.1. The van der Waals surface area contributed by atoms with E-state index in [2.05, 4.69) is 10.6 Å². The summed E-state index contributed by atoms with van der Waals surface area (Å²) in [4.78, 5) is 11.6. The molecule has 1 fully saturated rings. The molecule has 7 heteroatoms. The molecule has 0 aliphatic heterocycles. The molecule has 1 aliphatic carbocycles. The molecule has 150 valence electrons. The minimum Gasteiger partial charge on any atom is -0.323 e. The second-order valence-corrected chi connectivity index (χ2v) is 6.00. The van der Waals surface area contributed by atoms with Gasteiger partial charge in [-0.05, 0) is 64.0 Å². The van der Waals surface area contributed by atoms with Gasteiger partial charge in [0.15, 0.2) is 0 Å². The molecule has 0 amide bonds. The number of nitrogens with one attached hydrogen (secondary N) is 2. The first kappa shape index (κ1) is 24.5. The van der Waals surface area contributed by atoms with Crippen LogP contribution in [0.25, 0.3) is 0 Å². The van der Waals surface area contributed by atoms with Crippen molar-refractivity contribution in [3.05, 3.63) is 35.1 Å². The van der Waals surface area contributed by atoms with Crippen LogP contribution in [0.4, 0.5) is 17.6 Å². The number of halogens is 4. The van der Waals surface area contributed by atoms with E-state index in [0.717, 1.165) is 25.5 Å². The molecule has 0 radical (unpaired) electrons. The molecule has 2 rings (SSSR count). The van der Waals surface area contributed by atoms with E-state index in [1.54, 1.807) is 0 Å². The predicted octanol–water partition coefficient (Wildman–Crippen LogP) is 4.38. The van der Waals surface area contributed by atoms with Gasteiger partial charge in [-0.3, -0.25) is 4.79 Å². The molecule has 0 heterocycles. The van der Waals surface area contributed by atoms with E-state index < -0.39 is 23.5 Å². The standard InChI is InChI=1S/C15H17F4NO.C2H7N.C2H6/c1-9(21)12(8-20-7-10-2-3-10)11-4-5-13(14(16)6-11)15(17,18)19;1-3-2;1-2/h4-6,10,12,20H,2-3,7-8H2,1H3;3H,1-2H3;1-2H3. The van der Waals surface area contributed by atoms with Crippen LogP contribution in [0.3, 0.4) is 0 Å². The fourth-order valence-electron chi connectivity index (χ4n) is 2.23. The highest BCUT2D eigenvalue weighted by atomic mass is 19.4. The van der Waals surface area contributed by atoms with Crippen molar-refractivity contribution in [1.82, 2.24) is 10.6 Å². The molecule has 1 aromatic carbocycles. The van der Waals surface area contributed by atoms with Crippen molar-refractivity contribution in [2.45, 2.75) is 45.7 Å². The Morgan fingerprint density at radius 1 is 1.23 bits per heavy atom. The fourth-order valence-corrected chi connectivity index (χ4v) is 2.23. The number of benzene rings is 1. The van der Waals surface area contributed by atoms with Gasteiger partial charge in [-0.15, -0.1) is 0 Å². The van der Waals surface area contributed by atoms with Crippen LogP contribution in [-0.2, 0) is 11.0 Å². The second-order valence-electron chi connectivity index (χ2n) is 6.00. The molecule has 1 unspecified atom stereocenters. The van der Waals surface area contributed by atoms with Gasteiger partial charge in [0.05, 0.1) is 11.5 Å².